The van der Waals surface area contributed by atoms with Crippen LogP contribution in [0.3, 0.4) is 0 Å². The topological polar surface area (TPSA) is 83.9 Å². The van der Waals surface area contributed by atoms with Crippen molar-refractivity contribution in [3.8, 4) is 0 Å². The van der Waals surface area contributed by atoms with Crippen LogP contribution >= 0.6 is 0 Å². The molecule has 1 atom stereocenters. The first-order chi connectivity index (χ1) is 16.2. The van der Waals surface area contributed by atoms with E-state index in [9.17, 15) is 18.3 Å². The van der Waals surface area contributed by atoms with Crippen molar-refractivity contribution in [2.75, 3.05) is 11.4 Å². The maximum atomic E-state index is 13.2. The molecule has 7 heteroatoms. The second kappa shape index (κ2) is 9.45. The van der Waals surface area contributed by atoms with E-state index >= 15 is 0 Å². The number of aliphatic hydroxyl groups is 1. The van der Waals surface area contributed by atoms with Crippen molar-refractivity contribution in [3.05, 3.63) is 71.5 Å². The predicted octanol–water partition coefficient (Wildman–Crippen LogP) is 5.71. The van der Waals surface area contributed by atoms with Crippen LogP contribution in [-0.4, -0.2) is 32.1 Å². The minimum atomic E-state index is -3.73. The van der Waals surface area contributed by atoms with Gasteiger partial charge in [0.05, 0.1) is 16.2 Å². The SMILES string of the molecule is CCCC1(CCC)OC(=O)C(C(c2cccc(N(C)S(=O)(=O)c3ccccc3)c2)C2CC2)=C1O. The lowest BCUT2D eigenvalue weighted by Crippen LogP contribution is -2.31. The van der Waals surface area contributed by atoms with Crippen LogP contribution in [-0.2, 0) is 19.6 Å². The molecule has 0 amide bonds. The van der Waals surface area contributed by atoms with Gasteiger partial charge < -0.3 is 9.84 Å². The lowest BCUT2D eigenvalue weighted by Gasteiger charge is -2.27. The van der Waals surface area contributed by atoms with Crippen molar-refractivity contribution >= 4 is 21.7 Å². The number of ether oxygens (including phenoxy) is 1. The van der Waals surface area contributed by atoms with Crippen LogP contribution < -0.4 is 4.31 Å². The van der Waals surface area contributed by atoms with E-state index in [1.54, 1.807) is 42.5 Å². The van der Waals surface area contributed by atoms with E-state index in [4.69, 9.17) is 4.74 Å². The second-order valence-corrected chi connectivity index (χ2v) is 11.3. The molecule has 1 unspecified atom stereocenters. The summed E-state index contributed by atoms with van der Waals surface area (Å²) < 4.78 is 33.4. The number of rotatable bonds is 10. The Labute approximate surface area is 202 Å². The number of carbonyl (C=O) groups is 1. The molecule has 2 aromatic carbocycles. The molecule has 0 radical (unpaired) electrons. The zero-order chi connectivity index (χ0) is 24.5. The minimum absolute atomic E-state index is 0.0637. The van der Waals surface area contributed by atoms with Gasteiger partial charge in [-0.3, -0.25) is 4.31 Å². The number of sulfonamides is 1. The molecule has 1 aliphatic carbocycles. The Morgan fingerprint density at radius 3 is 2.29 bits per heavy atom. The quantitative estimate of drug-likeness (QED) is 0.437. The van der Waals surface area contributed by atoms with Crippen molar-refractivity contribution in [1.82, 2.24) is 0 Å². The molecule has 1 saturated carbocycles. The summed E-state index contributed by atoms with van der Waals surface area (Å²) in [5.74, 6) is -0.494. The third kappa shape index (κ3) is 4.33. The third-order valence-corrected chi connectivity index (χ3v) is 8.70. The van der Waals surface area contributed by atoms with Crippen molar-refractivity contribution in [2.45, 2.75) is 68.8 Å². The van der Waals surface area contributed by atoms with Gasteiger partial charge >= 0.3 is 5.97 Å². The van der Waals surface area contributed by atoms with Gasteiger partial charge in [0.15, 0.2) is 5.60 Å². The van der Waals surface area contributed by atoms with Gasteiger partial charge in [0.25, 0.3) is 10.0 Å². The Morgan fingerprint density at radius 2 is 1.71 bits per heavy atom. The summed E-state index contributed by atoms with van der Waals surface area (Å²) in [5.41, 5.74) is 0.716. The van der Waals surface area contributed by atoms with Gasteiger partial charge in [0, 0.05) is 13.0 Å². The monoisotopic (exact) mass is 483 g/mol. The van der Waals surface area contributed by atoms with Crippen molar-refractivity contribution in [3.63, 3.8) is 0 Å². The van der Waals surface area contributed by atoms with E-state index in [0.717, 1.165) is 31.2 Å². The van der Waals surface area contributed by atoms with Crippen molar-refractivity contribution < 1.29 is 23.1 Å². The first-order valence-corrected chi connectivity index (χ1v) is 13.5. The molecule has 0 aromatic heterocycles. The number of esters is 1. The first-order valence-electron chi connectivity index (χ1n) is 12.1. The number of aliphatic hydroxyl groups excluding tert-OH is 1. The lowest BCUT2D eigenvalue weighted by atomic mass is 9.82. The molecule has 34 heavy (non-hydrogen) atoms. The van der Waals surface area contributed by atoms with Crippen LogP contribution in [0.5, 0.6) is 0 Å². The number of hydrogen-bond acceptors (Lipinski definition) is 5. The third-order valence-electron chi connectivity index (χ3n) is 6.90. The zero-order valence-electron chi connectivity index (χ0n) is 20.0. The highest BCUT2D eigenvalue weighted by atomic mass is 32.2. The average Bonchev–Trinajstić information content (AvgIpc) is 3.64. The smallest absolute Gasteiger partial charge is 0.339 e. The van der Waals surface area contributed by atoms with Crippen LogP contribution in [0.4, 0.5) is 5.69 Å². The van der Waals surface area contributed by atoms with Gasteiger partial charge in [0.2, 0.25) is 0 Å². The zero-order valence-corrected chi connectivity index (χ0v) is 20.8. The maximum absolute atomic E-state index is 13.2. The molecule has 0 bridgehead atoms. The summed E-state index contributed by atoms with van der Waals surface area (Å²) in [6, 6.07) is 15.6. The van der Waals surface area contributed by atoms with Crippen molar-refractivity contribution in [1.29, 1.82) is 0 Å². The van der Waals surface area contributed by atoms with E-state index < -0.39 is 21.6 Å². The van der Waals surface area contributed by atoms with Gasteiger partial charge in [-0.05, 0) is 61.4 Å². The number of benzene rings is 2. The van der Waals surface area contributed by atoms with Gasteiger partial charge in [-0.15, -0.1) is 0 Å². The lowest BCUT2D eigenvalue weighted by molar-refractivity contribution is -0.149. The van der Waals surface area contributed by atoms with Crippen molar-refractivity contribution in [2.24, 2.45) is 5.92 Å². The molecule has 182 valence electrons. The van der Waals surface area contributed by atoms with Gasteiger partial charge in [-0.25, -0.2) is 13.2 Å². The summed E-state index contributed by atoms with van der Waals surface area (Å²) in [7, 11) is -2.20. The largest absolute Gasteiger partial charge is 0.507 e. The fourth-order valence-electron chi connectivity index (χ4n) is 5.08. The molecule has 4 rings (SSSR count). The molecular weight excluding hydrogens is 450 g/mol. The molecule has 2 aliphatic rings. The molecule has 0 spiro atoms. The summed E-state index contributed by atoms with van der Waals surface area (Å²) >= 11 is 0. The fraction of sp³-hybridized carbons (Fsp3) is 0.444. The molecule has 0 saturated heterocycles. The number of anilines is 1. The van der Waals surface area contributed by atoms with E-state index in [0.29, 0.717) is 24.1 Å². The molecule has 1 aliphatic heterocycles. The first kappa shape index (κ1) is 24.3. The summed E-state index contributed by atoms with van der Waals surface area (Å²) in [4.78, 5) is 13.3. The van der Waals surface area contributed by atoms with Crippen LogP contribution in [0.2, 0.25) is 0 Å². The Bertz CT molecular complexity index is 1180. The van der Waals surface area contributed by atoms with E-state index in [1.807, 2.05) is 26.0 Å². The van der Waals surface area contributed by atoms with Gasteiger partial charge in [0.1, 0.15) is 5.76 Å². The van der Waals surface area contributed by atoms with E-state index in [-0.39, 0.29) is 22.5 Å². The van der Waals surface area contributed by atoms with Crippen LogP contribution in [0.15, 0.2) is 70.8 Å². The van der Waals surface area contributed by atoms with Crippen LogP contribution in [0.1, 0.15) is 63.9 Å². The Kier molecular flexibility index (Phi) is 6.76. The van der Waals surface area contributed by atoms with E-state index in [1.165, 1.54) is 11.4 Å². The highest BCUT2D eigenvalue weighted by Crippen LogP contribution is 2.52. The second-order valence-electron chi connectivity index (χ2n) is 9.34. The van der Waals surface area contributed by atoms with Gasteiger partial charge in [-0.1, -0.05) is 57.0 Å². The molecular formula is C27H33NO5S. The minimum Gasteiger partial charge on any atom is -0.507 e. The van der Waals surface area contributed by atoms with Crippen LogP contribution in [0.25, 0.3) is 0 Å². The number of nitrogens with zero attached hydrogens (tertiary/aromatic N) is 1. The standard InChI is InChI=1S/C27H33NO5S/c1-4-16-27(17-5-2)25(29)24(26(30)33-27)23(19-14-15-19)20-10-9-11-21(18-20)28(3)34(31,32)22-12-7-6-8-13-22/h6-13,18-19,23,29H,4-5,14-17H2,1-3H3. The summed E-state index contributed by atoms with van der Waals surface area (Å²) in [5, 5.41) is 11.3. The molecule has 2 aromatic rings. The Morgan fingerprint density at radius 1 is 1.06 bits per heavy atom. The Hall–Kier alpha value is -2.80. The highest BCUT2D eigenvalue weighted by Gasteiger charge is 2.51. The summed E-state index contributed by atoms with van der Waals surface area (Å²) in [6.45, 7) is 4.03. The fourth-order valence-corrected chi connectivity index (χ4v) is 6.28. The number of cyclic esters (lactones) is 1. The molecule has 1 fully saturated rings. The van der Waals surface area contributed by atoms with Crippen LogP contribution in [0, 0.1) is 5.92 Å². The number of hydrogen-bond donors (Lipinski definition) is 1. The van der Waals surface area contributed by atoms with E-state index in [2.05, 4.69) is 0 Å². The molecule has 1 N–H and O–H groups in total. The number of carbonyl (C=O) groups excluding carboxylic acids is 1. The normalized spacial score (nSPS) is 18.6. The van der Waals surface area contributed by atoms with Gasteiger partial charge in [-0.2, -0.15) is 0 Å². The Balaban J connectivity index is 1.74. The predicted molar refractivity (Wildman–Crippen MR) is 132 cm³/mol. The molecule has 1 heterocycles. The average molecular weight is 484 g/mol. The summed E-state index contributed by atoms with van der Waals surface area (Å²) in [6.07, 6.45) is 4.64. The highest BCUT2D eigenvalue weighted by molar-refractivity contribution is 7.92. The maximum Gasteiger partial charge on any atom is 0.339 e. The molecule has 6 nitrogen and oxygen atoms in total.